The Morgan fingerprint density at radius 3 is 2.39 bits per heavy atom. The lowest BCUT2D eigenvalue weighted by molar-refractivity contribution is -0.144. The molecule has 38 heavy (non-hydrogen) atoms. The zero-order valence-corrected chi connectivity index (χ0v) is 22.1. The smallest absolute Gasteiger partial charge is 0.313 e. The molecule has 2 fully saturated rings. The number of hydrogen-bond acceptors (Lipinski definition) is 7. The summed E-state index contributed by atoms with van der Waals surface area (Å²) in [6.45, 7) is 3.88. The van der Waals surface area contributed by atoms with E-state index in [9.17, 15) is 14.4 Å². The summed E-state index contributed by atoms with van der Waals surface area (Å²) in [6.07, 6.45) is 4.44. The number of carbonyl (C=O) groups is 3. The summed E-state index contributed by atoms with van der Waals surface area (Å²) in [6, 6.07) is 13.4. The van der Waals surface area contributed by atoms with Crippen molar-refractivity contribution >= 4 is 56.7 Å². The van der Waals surface area contributed by atoms with Crippen molar-refractivity contribution in [3.05, 3.63) is 48.0 Å². The Morgan fingerprint density at radius 2 is 1.68 bits per heavy atom. The molecule has 4 N–H and O–H groups in total. The number of rotatable bonds is 5. The van der Waals surface area contributed by atoms with Crippen molar-refractivity contribution in [3.63, 3.8) is 0 Å². The summed E-state index contributed by atoms with van der Waals surface area (Å²) >= 11 is 1.58. The Bertz CT molecular complexity index is 1340. The number of piperidine rings is 1. The topological polar surface area (TPSA) is 123 Å². The van der Waals surface area contributed by atoms with Crippen LogP contribution >= 0.6 is 11.3 Å². The minimum absolute atomic E-state index is 0.141. The molecule has 2 aliphatic rings. The summed E-state index contributed by atoms with van der Waals surface area (Å²) in [5.41, 5.74) is 8.39. The van der Waals surface area contributed by atoms with Gasteiger partial charge in [0, 0.05) is 77.6 Å². The van der Waals surface area contributed by atoms with Crippen molar-refractivity contribution < 1.29 is 14.4 Å². The third-order valence-electron chi connectivity index (χ3n) is 7.24. The van der Waals surface area contributed by atoms with Gasteiger partial charge in [-0.2, -0.15) is 0 Å². The number of nitrogens with zero attached hydrogens (tertiary/aromatic N) is 3. The van der Waals surface area contributed by atoms with Gasteiger partial charge in [0.05, 0.1) is 6.54 Å². The molecular formula is C28H32N6O3S. The molecule has 198 valence electrons. The van der Waals surface area contributed by atoms with Crippen LogP contribution in [0.1, 0.15) is 24.8 Å². The van der Waals surface area contributed by atoms with Gasteiger partial charge in [0.25, 0.3) is 0 Å². The van der Waals surface area contributed by atoms with Gasteiger partial charge in [-0.25, -0.2) is 0 Å². The number of benzene rings is 2. The normalized spacial score (nSPS) is 16.4. The maximum absolute atomic E-state index is 12.9. The molecule has 0 atom stereocenters. The van der Waals surface area contributed by atoms with Gasteiger partial charge < -0.3 is 26.3 Å². The number of thiophene rings is 1. The number of carbonyl (C=O) groups excluding carboxylic acids is 3. The fraction of sp³-hybridized carbons (Fsp3) is 0.357. The Morgan fingerprint density at radius 1 is 0.947 bits per heavy atom. The molecule has 2 aromatic carbocycles. The second-order valence-corrected chi connectivity index (χ2v) is 10.9. The van der Waals surface area contributed by atoms with Crippen molar-refractivity contribution in [3.8, 4) is 10.4 Å². The molecule has 3 aromatic rings. The third kappa shape index (κ3) is 5.56. The molecule has 1 aromatic heterocycles. The van der Waals surface area contributed by atoms with Crippen molar-refractivity contribution in [2.24, 2.45) is 0 Å². The molecule has 0 aliphatic carbocycles. The minimum atomic E-state index is -0.731. The first-order valence-electron chi connectivity index (χ1n) is 13.0. The van der Waals surface area contributed by atoms with Crippen LogP contribution in [0.5, 0.6) is 0 Å². The average Bonchev–Trinajstić information content (AvgIpc) is 3.38. The number of likely N-dealkylation sites (tertiary alicyclic amines) is 1. The highest BCUT2D eigenvalue weighted by Crippen LogP contribution is 2.38. The van der Waals surface area contributed by atoms with E-state index < -0.39 is 11.8 Å². The number of fused-ring (bicyclic) bond motifs is 1. The van der Waals surface area contributed by atoms with Crippen molar-refractivity contribution in [1.29, 1.82) is 5.41 Å². The SMILES string of the molecule is N=Cc1cc(NC(=O)C(=O)N2CCN(CC(=O)N3CCCCC3)CC2)cc(-c2cc3ccccc3s2)c1N. The van der Waals surface area contributed by atoms with Crippen LogP contribution in [-0.2, 0) is 14.4 Å². The van der Waals surface area contributed by atoms with Crippen LogP contribution in [0.3, 0.4) is 0 Å². The number of nitrogen functional groups attached to an aromatic ring is 1. The first-order valence-corrected chi connectivity index (χ1v) is 13.8. The molecule has 0 saturated carbocycles. The minimum Gasteiger partial charge on any atom is -0.398 e. The predicted molar refractivity (Wildman–Crippen MR) is 152 cm³/mol. The molecule has 2 saturated heterocycles. The van der Waals surface area contributed by atoms with Gasteiger partial charge in [-0.3, -0.25) is 19.3 Å². The van der Waals surface area contributed by atoms with E-state index in [1.807, 2.05) is 40.1 Å². The predicted octanol–water partition coefficient (Wildman–Crippen LogP) is 3.24. The van der Waals surface area contributed by atoms with Gasteiger partial charge in [-0.15, -0.1) is 11.3 Å². The van der Waals surface area contributed by atoms with Gasteiger partial charge in [-0.1, -0.05) is 18.2 Å². The largest absolute Gasteiger partial charge is 0.398 e. The number of nitrogens with two attached hydrogens (primary N) is 1. The molecule has 2 aliphatic heterocycles. The third-order valence-corrected chi connectivity index (χ3v) is 8.39. The molecule has 5 rings (SSSR count). The van der Waals surface area contributed by atoms with Gasteiger partial charge in [0.1, 0.15) is 0 Å². The lowest BCUT2D eigenvalue weighted by Crippen LogP contribution is -2.53. The second kappa shape index (κ2) is 11.3. The molecular weight excluding hydrogens is 500 g/mol. The standard InChI is InChI=1S/C28H32N6O3S/c29-17-20-14-21(16-22(26(20)30)24-15-19-6-2-3-7-23(19)38-24)31-27(36)28(37)34-12-10-32(11-13-34)18-25(35)33-8-4-1-5-9-33/h2-3,6-7,14-17,29H,1,4-5,8-13,18,30H2,(H,31,36). The van der Waals surface area contributed by atoms with E-state index >= 15 is 0 Å². The highest BCUT2D eigenvalue weighted by molar-refractivity contribution is 7.22. The van der Waals surface area contributed by atoms with Crippen LogP contribution in [0, 0.1) is 5.41 Å². The number of anilines is 2. The van der Waals surface area contributed by atoms with E-state index in [1.54, 1.807) is 23.5 Å². The summed E-state index contributed by atoms with van der Waals surface area (Å²) < 4.78 is 1.11. The number of nitrogens with one attached hydrogen (secondary N) is 2. The van der Waals surface area contributed by atoms with E-state index in [2.05, 4.69) is 5.32 Å². The summed E-state index contributed by atoms with van der Waals surface area (Å²) in [7, 11) is 0. The van der Waals surface area contributed by atoms with Crippen LogP contribution in [0.4, 0.5) is 11.4 Å². The van der Waals surface area contributed by atoms with E-state index in [-0.39, 0.29) is 5.91 Å². The van der Waals surface area contributed by atoms with Crippen LogP contribution < -0.4 is 11.1 Å². The zero-order chi connectivity index (χ0) is 26.6. The van der Waals surface area contributed by atoms with Gasteiger partial charge >= 0.3 is 11.8 Å². The van der Waals surface area contributed by atoms with Crippen molar-refractivity contribution in [2.75, 3.05) is 56.9 Å². The lowest BCUT2D eigenvalue weighted by atomic mass is 10.0. The molecule has 3 heterocycles. The molecule has 0 radical (unpaired) electrons. The fourth-order valence-corrected chi connectivity index (χ4v) is 6.15. The summed E-state index contributed by atoms with van der Waals surface area (Å²) in [5.74, 6) is -1.20. The number of hydrogen-bond donors (Lipinski definition) is 3. The Balaban J connectivity index is 1.22. The lowest BCUT2D eigenvalue weighted by Gasteiger charge is -2.35. The van der Waals surface area contributed by atoms with Crippen LogP contribution in [0.25, 0.3) is 20.5 Å². The Hall–Kier alpha value is -3.76. The van der Waals surface area contributed by atoms with Gasteiger partial charge in [0.2, 0.25) is 5.91 Å². The molecule has 9 nitrogen and oxygen atoms in total. The zero-order valence-electron chi connectivity index (χ0n) is 21.2. The van der Waals surface area contributed by atoms with E-state index in [4.69, 9.17) is 11.1 Å². The van der Waals surface area contributed by atoms with Crippen LogP contribution in [-0.4, -0.2) is 84.4 Å². The van der Waals surface area contributed by atoms with E-state index in [1.165, 1.54) is 11.3 Å². The first-order chi connectivity index (χ1) is 18.4. The van der Waals surface area contributed by atoms with E-state index in [0.717, 1.165) is 47.1 Å². The highest BCUT2D eigenvalue weighted by atomic mass is 32.1. The van der Waals surface area contributed by atoms with Crippen LogP contribution in [0.2, 0.25) is 0 Å². The highest BCUT2D eigenvalue weighted by Gasteiger charge is 2.28. The quantitative estimate of drug-likeness (QED) is 0.265. The van der Waals surface area contributed by atoms with Gasteiger partial charge in [-0.05, 0) is 48.9 Å². The van der Waals surface area contributed by atoms with E-state index in [0.29, 0.717) is 55.2 Å². The van der Waals surface area contributed by atoms with Crippen molar-refractivity contribution in [2.45, 2.75) is 19.3 Å². The first kappa shape index (κ1) is 25.9. The molecule has 10 heteroatoms. The molecule has 0 unspecified atom stereocenters. The van der Waals surface area contributed by atoms with Crippen LogP contribution in [0.15, 0.2) is 42.5 Å². The molecule has 3 amide bonds. The number of piperazine rings is 1. The maximum Gasteiger partial charge on any atom is 0.313 e. The van der Waals surface area contributed by atoms with Gasteiger partial charge in [0.15, 0.2) is 0 Å². The second-order valence-electron chi connectivity index (χ2n) is 9.78. The molecule has 0 spiro atoms. The summed E-state index contributed by atoms with van der Waals surface area (Å²) in [4.78, 5) is 44.8. The summed E-state index contributed by atoms with van der Waals surface area (Å²) in [5, 5.41) is 11.6. The average molecular weight is 533 g/mol. The maximum atomic E-state index is 12.9. The monoisotopic (exact) mass is 532 g/mol. The Labute approximate surface area is 225 Å². The van der Waals surface area contributed by atoms with Crippen molar-refractivity contribution in [1.82, 2.24) is 14.7 Å². The molecule has 0 bridgehead atoms. The fourth-order valence-electron chi connectivity index (χ4n) is 5.06. The number of amides is 3. The Kier molecular flexibility index (Phi) is 7.71.